The average molecular weight is 491 g/mol. The lowest BCUT2D eigenvalue weighted by atomic mass is 9.76. The van der Waals surface area contributed by atoms with Crippen LogP contribution >= 0.6 is 12.2 Å². The molecular weight excluding hydrogens is 469 g/mol. The normalized spacial score (nSPS) is 14.4. The molecular formula is C23H21F3N4O3S. The first-order valence-electron chi connectivity index (χ1n) is 10.2. The Morgan fingerprint density at radius 2 is 1.88 bits per heavy atom. The number of amides is 1. The lowest BCUT2D eigenvalue weighted by Crippen LogP contribution is -2.60. The van der Waals surface area contributed by atoms with Crippen LogP contribution in [0, 0.1) is 11.3 Å². The Hall–Kier alpha value is -3.65. The first-order chi connectivity index (χ1) is 16.0. The van der Waals surface area contributed by atoms with Crippen LogP contribution in [0.25, 0.3) is 0 Å². The van der Waals surface area contributed by atoms with Crippen molar-refractivity contribution in [3.63, 3.8) is 0 Å². The van der Waals surface area contributed by atoms with Crippen molar-refractivity contribution < 1.29 is 27.9 Å². The molecule has 1 aliphatic carbocycles. The van der Waals surface area contributed by atoms with E-state index in [4.69, 9.17) is 17.5 Å². The van der Waals surface area contributed by atoms with Crippen LogP contribution in [0.4, 0.5) is 24.5 Å². The number of alkyl halides is 3. The summed E-state index contributed by atoms with van der Waals surface area (Å²) in [5.41, 5.74) is -2.29. The highest BCUT2D eigenvalue weighted by Crippen LogP contribution is 2.42. The molecule has 3 rings (SSSR count). The van der Waals surface area contributed by atoms with E-state index in [1.165, 1.54) is 54.2 Å². The second-order valence-corrected chi connectivity index (χ2v) is 8.24. The summed E-state index contributed by atoms with van der Waals surface area (Å²) in [6.07, 6.45) is -2.38. The molecule has 1 amide bonds. The molecule has 1 fully saturated rings. The Kier molecular flexibility index (Phi) is 6.84. The number of phenols is 1. The molecule has 11 heteroatoms. The van der Waals surface area contributed by atoms with Gasteiger partial charge < -0.3 is 25.0 Å². The summed E-state index contributed by atoms with van der Waals surface area (Å²) in [5, 5.41) is 21.9. The summed E-state index contributed by atoms with van der Waals surface area (Å²) in [4.78, 5) is 26.9. The van der Waals surface area contributed by atoms with Gasteiger partial charge >= 0.3 is 6.18 Å². The number of benzene rings is 2. The number of carbonyl (C=O) groups excluding carboxylic acids is 2. The highest BCUT2D eigenvalue weighted by Gasteiger charge is 2.46. The van der Waals surface area contributed by atoms with E-state index in [1.807, 2.05) is 0 Å². The van der Waals surface area contributed by atoms with Gasteiger partial charge in [0.15, 0.2) is 5.11 Å². The minimum atomic E-state index is -4.75. The molecule has 1 saturated carbocycles. The number of nitriles is 1. The van der Waals surface area contributed by atoms with Gasteiger partial charge in [-0.1, -0.05) is 0 Å². The number of hydrogen-bond acceptors (Lipinski definition) is 5. The van der Waals surface area contributed by atoms with Gasteiger partial charge in [-0.15, -0.1) is 0 Å². The van der Waals surface area contributed by atoms with Crippen molar-refractivity contribution in [2.24, 2.45) is 0 Å². The number of nitrogens with zero attached hydrogens (tertiary/aromatic N) is 3. The monoisotopic (exact) mass is 490 g/mol. The zero-order valence-electron chi connectivity index (χ0n) is 18.3. The average Bonchev–Trinajstić information content (AvgIpc) is 2.78. The lowest BCUT2D eigenvalue weighted by molar-refractivity contribution is -0.137. The molecule has 0 bridgehead atoms. The second-order valence-electron chi connectivity index (χ2n) is 7.87. The van der Waals surface area contributed by atoms with Crippen molar-refractivity contribution in [2.75, 3.05) is 23.9 Å². The number of aldehydes is 1. The Labute approximate surface area is 199 Å². The van der Waals surface area contributed by atoms with Gasteiger partial charge in [0.2, 0.25) is 0 Å². The van der Waals surface area contributed by atoms with Gasteiger partial charge in [-0.2, -0.15) is 18.4 Å². The number of anilines is 2. The maximum atomic E-state index is 13.5. The molecule has 0 unspecified atom stereocenters. The van der Waals surface area contributed by atoms with Crippen LogP contribution in [0.3, 0.4) is 0 Å². The van der Waals surface area contributed by atoms with Gasteiger partial charge in [0, 0.05) is 31.5 Å². The zero-order valence-corrected chi connectivity index (χ0v) is 19.1. The van der Waals surface area contributed by atoms with Crippen molar-refractivity contribution in [3.05, 3.63) is 53.1 Å². The van der Waals surface area contributed by atoms with E-state index in [2.05, 4.69) is 5.32 Å². The summed E-state index contributed by atoms with van der Waals surface area (Å²) in [6, 6.07) is 8.92. The molecule has 0 spiro atoms. The van der Waals surface area contributed by atoms with E-state index in [9.17, 15) is 27.9 Å². The Morgan fingerprint density at radius 1 is 1.24 bits per heavy atom. The predicted molar refractivity (Wildman–Crippen MR) is 124 cm³/mol. The number of rotatable bonds is 5. The number of phenolic OH excluding ortho intramolecular Hbond substituents is 1. The Balaban J connectivity index is 2.08. The smallest absolute Gasteiger partial charge is 0.417 e. The summed E-state index contributed by atoms with van der Waals surface area (Å²) < 4.78 is 40.4. The number of thiocarbonyl (C=S) groups is 1. The van der Waals surface area contributed by atoms with E-state index >= 15 is 0 Å². The van der Waals surface area contributed by atoms with Crippen molar-refractivity contribution in [2.45, 2.75) is 31.0 Å². The minimum Gasteiger partial charge on any atom is -0.507 e. The van der Waals surface area contributed by atoms with Gasteiger partial charge in [-0.25, -0.2) is 0 Å². The summed E-state index contributed by atoms with van der Waals surface area (Å²) >= 11 is 5.61. The van der Waals surface area contributed by atoms with E-state index in [0.717, 1.165) is 24.8 Å². The van der Waals surface area contributed by atoms with Gasteiger partial charge in [-0.3, -0.25) is 4.79 Å². The SMILES string of the molecule is CNC(=O)c1ccc(N(C(=S)N(C)c2ccc(C#N)c(C(F)(F)F)c2)C2(C=O)CCC2)cc1O. The van der Waals surface area contributed by atoms with Crippen LogP contribution in [-0.2, 0) is 11.0 Å². The van der Waals surface area contributed by atoms with Crippen LogP contribution < -0.4 is 15.1 Å². The maximum Gasteiger partial charge on any atom is 0.417 e. The lowest BCUT2D eigenvalue weighted by Gasteiger charge is -2.49. The van der Waals surface area contributed by atoms with Crippen LogP contribution in [0.1, 0.15) is 40.7 Å². The molecule has 1 aliphatic rings. The molecule has 34 heavy (non-hydrogen) atoms. The van der Waals surface area contributed by atoms with Gasteiger partial charge in [0.25, 0.3) is 5.91 Å². The van der Waals surface area contributed by atoms with Crippen molar-refractivity contribution >= 4 is 40.9 Å². The summed E-state index contributed by atoms with van der Waals surface area (Å²) in [7, 11) is 2.86. The minimum absolute atomic E-state index is 0.0109. The molecule has 0 aliphatic heterocycles. The fraction of sp³-hybridized carbons (Fsp3) is 0.304. The zero-order chi connectivity index (χ0) is 25.3. The third-order valence-corrected chi connectivity index (χ3v) is 6.35. The largest absolute Gasteiger partial charge is 0.507 e. The first-order valence-corrected chi connectivity index (χ1v) is 10.6. The quantitative estimate of drug-likeness (QED) is 0.483. The fourth-order valence-electron chi connectivity index (χ4n) is 3.81. The van der Waals surface area contributed by atoms with Gasteiger partial charge in [0.05, 0.1) is 22.8 Å². The highest BCUT2D eigenvalue weighted by atomic mass is 32.1. The molecule has 0 atom stereocenters. The molecule has 7 nitrogen and oxygen atoms in total. The third kappa shape index (κ3) is 4.41. The number of hydrogen-bond donors (Lipinski definition) is 2. The summed E-state index contributed by atoms with van der Waals surface area (Å²) in [6.45, 7) is 0. The standard InChI is InChI=1S/C23H21F3N4O3S/c1-28-20(33)17-7-6-16(11-19(17)32)30(22(13-31)8-3-9-22)21(34)29(2)15-5-4-14(12-27)18(10-15)23(24,25)26/h4-7,10-11,13,32H,3,8-9H2,1-2H3,(H,28,33). The van der Waals surface area contributed by atoms with Crippen LogP contribution in [0.2, 0.25) is 0 Å². The van der Waals surface area contributed by atoms with E-state index in [-0.39, 0.29) is 22.1 Å². The first kappa shape index (κ1) is 25.0. The molecule has 178 valence electrons. The maximum absolute atomic E-state index is 13.5. The van der Waals surface area contributed by atoms with E-state index in [0.29, 0.717) is 18.5 Å². The van der Waals surface area contributed by atoms with E-state index < -0.39 is 28.7 Å². The van der Waals surface area contributed by atoms with Gasteiger partial charge in [0.1, 0.15) is 17.6 Å². The Bertz CT molecular complexity index is 1190. The number of halogens is 3. The van der Waals surface area contributed by atoms with Crippen LogP contribution in [-0.4, -0.2) is 42.0 Å². The third-order valence-electron chi connectivity index (χ3n) is 5.89. The number of carbonyl (C=O) groups is 2. The Morgan fingerprint density at radius 3 is 2.35 bits per heavy atom. The van der Waals surface area contributed by atoms with Gasteiger partial charge in [-0.05, 0) is 61.8 Å². The van der Waals surface area contributed by atoms with E-state index in [1.54, 1.807) is 0 Å². The molecule has 2 N–H and O–H groups in total. The molecule has 0 heterocycles. The number of nitrogens with one attached hydrogen (secondary N) is 1. The number of aromatic hydroxyl groups is 1. The summed E-state index contributed by atoms with van der Waals surface area (Å²) in [5.74, 6) is -0.855. The molecule has 0 saturated heterocycles. The molecule has 0 aromatic heterocycles. The van der Waals surface area contributed by atoms with Crippen molar-refractivity contribution in [1.29, 1.82) is 5.26 Å². The predicted octanol–water partition coefficient (Wildman–Crippen LogP) is 3.99. The molecule has 2 aromatic carbocycles. The van der Waals surface area contributed by atoms with Crippen LogP contribution in [0.15, 0.2) is 36.4 Å². The molecule has 0 radical (unpaired) electrons. The van der Waals surface area contributed by atoms with Crippen molar-refractivity contribution in [3.8, 4) is 11.8 Å². The highest BCUT2D eigenvalue weighted by molar-refractivity contribution is 7.80. The second kappa shape index (κ2) is 9.30. The van der Waals surface area contributed by atoms with Crippen LogP contribution in [0.5, 0.6) is 5.75 Å². The van der Waals surface area contributed by atoms with Crippen molar-refractivity contribution in [1.82, 2.24) is 5.32 Å². The molecule has 2 aromatic rings. The topological polar surface area (TPSA) is 96.7 Å². The fourth-order valence-corrected chi connectivity index (χ4v) is 4.20.